The van der Waals surface area contributed by atoms with Gasteiger partial charge in [-0.05, 0) is 67.6 Å². The number of benzene rings is 2. The van der Waals surface area contributed by atoms with Crippen LogP contribution in [-0.4, -0.2) is 49.9 Å². The number of carbonyl (C=O) groups is 1. The summed E-state index contributed by atoms with van der Waals surface area (Å²) >= 11 is 3.34. The Bertz CT molecular complexity index is 1300. The molecule has 1 amide bonds. The molecule has 37 heavy (non-hydrogen) atoms. The molecule has 1 atom stereocenters. The summed E-state index contributed by atoms with van der Waals surface area (Å²) in [5.41, 5.74) is 1.12. The fourth-order valence-electron chi connectivity index (χ4n) is 5.35. The average molecular weight is 584 g/mol. The van der Waals surface area contributed by atoms with E-state index in [0.717, 1.165) is 22.4 Å². The maximum Gasteiger partial charge on any atom is 0.240 e. The number of hydrogen-bond donors (Lipinski definition) is 1. The van der Waals surface area contributed by atoms with Gasteiger partial charge in [-0.15, -0.1) is 0 Å². The monoisotopic (exact) mass is 582 g/mol. The molecule has 5 rings (SSSR count). The number of piperazine rings is 1. The van der Waals surface area contributed by atoms with Crippen LogP contribution in [0.1, 0.15) is 37.3 Å². The predicted octanol–water partition coefficient (Wildman–Crippen LogP) is 4.77. The van der Waals surface area contributed by atoms with E-state index in [1.165, 1.54) is 0 Å². The van der Waals surface area contributed by atoms with Crippen LogP contribution in [0.4, 0.5) is 5.82 Å². The first-order chi connectivity index (χ1) is 17.9. The van der Waals surface area contributed by atoms with Crippen molar-refractivity contribution in [2.24, 2.45) is 5.92 Å². The van der Waals surface area contributed by atoms with Gasteiger partial charge in [0, 0.05) is 42.3 Å². The van der Waals surface area contributed by atoms with Gasteiger partial charge in [-0.2, -0.15) is 0 Å². The highest BCUT2D eigenvalue weighted by molar-refractivity contribution is 9.10. The molecule has 2 heterocycles. The molecule has 1 N–H and O–H groups in total. The highest BCUT2D eigenvalue weighted by atomic mass is 79.9. The summed E-state index contributed by atoms with van der Waals surface area (Å²) in [4.78, 5) is 22.8. The predicted molar refractivity (Wildman–Crippen MR) is 148 cm³/mol. The lowest BCUT2D eigenvalue weighted by Gasteiger charge is -2.44. The van der Waals surface area contributed by atoms with E-state index in [2.05, 4.69) is 42.7 Å². The van der Waals surface area contributed by atoms with E-state index in [1.54, 1.807) is 30.5 Å². The molecule has 194 valence electrons. The molecule has 2 fully saturated rings. The first-order valence-electron chi connectivity index (χ1n) is 12.7. The van der Waals surface area contributed by atoms with E-state index < -0.39 is 10.0 Å². The number of rotatable bonds is 6. The Balaban J connectivity index is 1.24. The van der Waals surface area contributed by atoms with Crippen molar-refractivity contribution in [2.75, 3.05) is 24.5 Å². The van der Waals surface area contributed by atoms with Crippen LogP contribution < -0.4 is 9.62 Å². The van der Waals surface area contributed by atoms with Gasteiger partial charge in [-0.3, -0.25) is 4.79 Å². The third-order valence-electron chi connectivity index (χ3n) is 7.34. The molecule has 7 nitrogen and oxygen atoms in total. The van der Waals surface area contributed by atoms with Crippen LogP contribution in [0.25, 0.3) is 0 Å². The van der Waals surface area contributed by atoms with Crippen molar-refractivity contribution in [3.8, 4) is 0 Å². The number of hydrogen-bond acceptors (Lipinski definition) is 5. The zero-order chi connectivity index (χ0) is 25.8. The lowest BCUT2D eigenvalue weighted by molar-refractivity contribution is -0.139. The SMILES string of the molecule is O=C([C@H]1CC[C@H](NS(=O)(=O)c2ccc(Br)cc2)CC1)N1CCN(c2ccccn2)C[C@@H]1c1ccccc1. The van der Waals surface area contributed by atoms with Crippen molar-refractivity contribution in [1.82, 2.24) is 14.6 Å². The molecule has 2 aliphatic rings. The zero-order valence-electron chi connectivity index (χ0n) is 20.5. The van der Waals surface area contributed by atoms with Crippen LogP contribution in [0.15, 0.2) is 88.4 Å². The minimum Gasteiger partial charge on any atom is -0.352 e. The molecule has 0 unspecified atom stereocenters. The number of pyridine rings is 1. The molecule has 1 saturated carbocycles. The van der Waals surface area contributed by atoms with Gasteiger partial charge >= 0.3 is 0 Å². The second-order valence-corrected chi connectivity index (χ2v) is 12.3. The minimum atomic E-state index is -3.59. The fraction of sp³-hybridized carbons (Fsp3) is 0.357. The van der Waals surface area contributed by atoms with Crippen molar-refractivity contribution in [3.05, 3.63) is 89.0 Å². The van der Waals surface area contributed by atoms with E-state index in [0.29, 0.717) is 38.8 Å². The molecule has 1 saturated heterocycles. The molecular formula is C28H31BrN4O3S. The lowest BCUT2D eigenvalue weighted by atomic mass is 9.85. The number of anilines is 1. The number of nitrogens with one attached hydrogen (secondary N) is 1. The number of halogens is 1. The van der Waals surface area contributed by atoms with Crippen molar-refractivity contribution in [2.45, 2.75) is 42.7 Å². The minimum absolute atomic E-state index is 0.0573. The van der Waals surface area contributed by atoms with E-state index in [1.807, 2.05) is 41.3 Å². The highest BCUT2D eigenvalue weighted by Crippen LogP contribution is 2.33. The van der Waals surface area contributed by atoms with Gasteiger partial charge in [-0.25, -0.2) is 18.1 Å². The smallest absolute Gasteiger partial charge is 0.240 e. The summed E-state index contributed by atoms with van der Waals surface area (Å²) in [7, 11) is -3.59. The summed E-state index contributed by atoms with van der Waals surface area (Å²) in [6.07, 6.45) is 4.45. The molecule has 1 aliphatic heterocycles. The van der Waals surface area contributed by atoms with Crippen molar-refractivity contribution < 1.29 is 13.2 Å². The van der Waals surface area contributed by atoms with Gasteiger partial charge in [0.25, 0.3) is 0 Å². The quantitative estimate of drug-likeness (QED) is 0.452. The molecule has 0 radical (unpaired) electrons. The third-order valence-corrected chi connectivity index (χ3v) is 9.41. The summed E-state index contributed by atoms with van der Waals surface area (Å²) in [5.74, 6) is 0.999. The molecule has 3 aromatic rings. The maximum atomic E-state index is 13.8. The number of nitrogens with zero attached hydrogens (tertiary/aromatic N) is 3. The third kappa shape index (κ3) is 6.05. The molecule has 2 aromatic carbocycles. The number of carbonyl (C=O) groups excluding carboxylic acids is 1. The maximum absolute atomic E-state index is 13.8. The first-order valence-corrected chi connectivity index (χ1v) is 15.0. The fourth-order valence-corrected chi connectivity index (χ4v) is 6.92. The van der Waals surface area contributed by atoms with E-state index >= 15 is 0 Å². The highest BCUT2D eigenvalue weighted by Gasteiger charge is 2.37. The number of amides is 1. The van der Waals surface area contributed by atoms with Crippen LogP contribution in [0, 0.1) is 5.92 Å². The Kier molecular flexibility index (Phi) is 7.92. The van der Waals surface area contributed by atoms with E-state index in [4.69, 9.17) is 0 Å². The molecule has 1 aromatic heterocycles. The molecule has 0 bridgehead atoms. The van der Waals surface area contributed by atoms with Gasteiger partial charge in [0.15, 0.2) is 0 Å². The number of aromatic nitrogens is 1. The van der Waals surface area contributed by atoms with E-state index in [9.17, 15) is 13.2 Å². The second kappa shape index (κ2) is 11.3. The topological polar surface area (TPSA) is 82.6 Å². The number of sulfonamides is 1. The summed E-state index contributed by atoms with van der Waals surface area (Å²) in [6, 6.07) is 22.5. The van der Waals surface area contributed by atoms with Crippen LogP contribution in [0.3, 0.4) is 0 Å². The standard InChI is InChI=1S/C28H31BrN4O3S/c29-23-11-15-25(16-12-23)37(35,36)31-24-13-9-22(10-14-24)28(34)33-19-18-32(27-8-4-5-17-30-27)20-26(33)21-6-2-1-3-7-21/h1-8,11-12,15-17,22,24,26,31H,9-10,13-14,18-20H2/t22-,24-,26-/m1/s1. The zero-order valence-corrected chi connectivity index (χ0v) is 22.9. The van der Waals surface area contributed by atoms with Crippen LogP contribution >= 0.6 is 15.9 Å². The Hall–Kier alpha value is -2.75. The summed E-state index contributed by atoms with van der Waals surface area (Å²) < 4.78 is 29.3. The van der Waals surface area contributed by atoms with Crippen LogP contribution in [-0.2, 0) is 14.8 Å². The molecule has 1 aliphatic carbocycles. The van der Waals surface area contributed by atoms with Gasteiger partial charge < -0.3 is 9.80 Å². The summed E-state index contributed by atoms with van der Waals surface area (Å²) in [6.45, 7) is 2.05. The van der Waals surface area contributed by atoms with Crippen molar-refractivity contribution in [3.63, 3.8) is 0 Å². The largest absolute Gasteiger partial charge is 0.352 e. The van der Waals surface area contributed by atoms with Crippen LogP contribution in [0.5, 0.6) is 0 Å². The Morgan fingerprint density at radius 1 is 0.892 bits per heavy atom. The van der Waals surface area contributed by atoms with Crippen molar-refractivity contribution >= 4 is 37.7 Å². The Morgan fingerprint density at radius 2 is 1.59 bits per heavy atom. The summed E-state index contributed by atoms with van der Waals surface area (Å²) in [5, 5.41) is 0. The molecular weight excluding hydrogens is 552 g/mol. The van der Waals surface area contributed by atoms with Crippen LogP contribution in [0.2, 0.25) is 0 Å². The first kappa shape index (κ1) is 25.9. The average Bonchev–Trinajstić information content (AvgIpc) is 2.94. The van der Waals surface area contributed by atoms with Gasteiger partial charge in [0.2, 0.25) is 15.9 Å². The normalized spacial score (nSPS) is 22.6. The lowest BCUT2D eigenvalue weighted by Crippen LogP contribution is -2.53. The Labute approximate surface area is 227 Å². The second-order valence-electron chi connectivity index (χ2n) is 9.72. The van der Waals surface area contributed by atoms with E-state index in [-0.39, 0.29) is 28.8 Å². The van der Waals surface area contributed by atoms with Gasteiger partial charge in [0.05, 0.1) is 10.9 Å². The molecule has 0 spiro atoms. The van der Waals surface area contributed by atoms with Gasteiger partial charge in [-0.1, -0.05) is 52.3 Å². The molecule has 9 heteroatoms. The van der Waals surface area contributed by atoms with Crippen molar-refractivity contribution in [1.29, 1.82) is 0 Å². The Morgan fingerprint density at radius 3 is 2.27 bits per heavy atom. The van der Waals surface area contributed by atoms with Gasteiger partial charge in [0.1, 0.15) is 5.82 Å².